The van der Waals surface area contributed by atoms with Crippen LogP contribution in [0.1, 0.15) is 24.0 Å². The average molecular weight is 561 g/mol. The van der Waals surface area contributed by atoms with Crippen molar-refractivity contribution in [1.29, 1.82) is 0 Å². The molecule has 0 unspecified atom stereocenters. The van der Waals surface area contributed by atoms with E-state index in [1.165, 1.54) is 18.2 Å². The van der Waals surface area contributed by atoms with Crippen LogP contribution in [0.15, 0.2) is 77.7 Å². The second-order valence-corrected chi connectivity index (χ2v) is 11.6. The van der Waals surface area contributed by atoms with Gasteiger partial charge in [0.05, 0.1) is 17.9 Å². The van der Waals surface area contributed by atoms with Gasteiger partial charge in [0.2, 0.25) is 21.8 Å². The molecule has 194 valence electrons. The van der Waals surface area contributed by atoms with Gasteiger partial charge in [-0.3, -0.25) is 9.59 Å². The van der Waals surface area contributed by atoms with Gasteiger partial charge in [-0.1, -0.05) is 59.6 Å². The maximum atomic E-state index is 13.4. The molecule has 0 saturated carbocycles. The Morgan fingerprint density at radius 1 is 0.919 bits per heavy atom. The summed E-state index contributed by atoms with van der Waals surface area (Å²) in [5, 5.41) is 3.48. The summed E-state index contributed by atoms with van der Waals surface area (Å²) in [7, 11) is -4.00. The fraction of sp³-hybridized carbons (Fsp3) is 0.259. The highest BCUT2D eigenvalue weighted by atomic mass is 35.5. The highest BCUT2D eigenvalue weighted by Crippen LogP contribution is 2.25. The first-order chi connectivity index (χ1) is 17.7. The predicted molar refractivity (Wildman–Crippen MR) is 145 cm³/mol. The van der Waals surface area contributed by atoms with Crippen LogP contribution in [0.5, 0.6) is 0 Å². The Morgan fingerprint density at radius 2 is 1.59 bits per heavy atom. The third kappa shape index (κ3) is 7.11. The fourth-order valence-electron chi connectivity index (χ4n) is 4.13. The van der Waals surface area contributed by atoms with Crippen molar-refractivity contribution in [2.24, 2.45) is 0 Å². The Hall–Kier alpha value is -2.91. The molecule has 2 amide bonds. The van der Waals surface area contributed by atoms with Crippen LogP contribution in [0.4, 0.5) is 5.69 Å². The van der Waals surface area contributed by atoms with Crippen molar-refractivity contribution < 1.29 is 18.0 Å². The normalized spacial score (nSPS) is 13.6. The molecule has 0 atom stereocenters. The molecular formula is C27H27Cl2N3O4S. The van der Waals surface area contributed by atoms with Gasteiger partial charge in [-0.15, -0.1) is 0 Å². The van der Waals surface area contributed by atoms with E-state index in [-0.39, 0.29) is 17.3 Å². The van der Waals surface area contributed by atoms with Gasteiger partial charge in [0, 0.05) is 35.4 Å². The highest BCUT2D eigenvalue weighted by molar-refractivity contribution is 7.89. The van der Waals surface area contributed by atoms with Gasteiger partial charge in [0.1, 0.15) is 0 Å². The van der Waals surface area contributed by atoms with Gasteiger partial charge >= 0.3 is 0 Å². The predicted octanol–water partition coefficient (Wildman–Crippen LogP) is 4.99. The quantitative estimate of drug-likeness (QED) is 0.400. The van der Waals surface area contributed by atoms with Crippen LogP contribution in [-0.4, -0.2) is 49.1 Å². The molecule has 1 N–H and O–H groups in total. The van der Waals surface area contributed by atoms with Crippen LogP contribution in [0.2, 0.25) is 10.0 Å². The summed E-state index contributed by atoms with van der Waals surface area (Å²) in [6, 6.07) is 19.7. The van der Waals surface area contributed by atoms with Crippen molar-refractivity contribution in [2.75, 3.05) is 25.0 Å². The summed E-state index contributed by atoms with van der Waals surface area (Å²) in [5.41, 5.74) is 1.87. The molecule has 0 spiro atoms. The number of sulfonamides is 1. The lowest BCUT2D eigenvalue weighted by Crippen LogP contribution is -2.37. The van der Waals surface area contributed by atoms with Crippen molar-refractivity contribution in [1.82, 2.24) is 9.21 Å². The zero-order chi connectivity index (χ0) is 26.4. The lowest BCUT2D eigenvalue weighted by molar-refractivity contribution is -0.129. The molecule has 37 heavy (non-hydrogen) atoms. The van der Waals surface area contributed by atoms with Crippen molar-refractivity contribution in [3.63, 3.8) is 0 Å². The molecule has 0 aliphatic carbocycles. The number of nitrogens with zero attached hydrogens (tertiary/aromatic N) is 2. The number of carbonyl (C=O) groups is 2. The molecule has 0 aromatic heterocycles. The summed E-state index contributed by atoms with van der Waals surface area (Å²) < 4.78 is 27.9. The smallest absolute Gasteiger partial charge is 0.243 e. The largest absolute Gasteiger partial charge is 0.342 e. The molecule has 1 fully saturated rings. The molecular weight excluding hydrogens is 533 g/mol. The van der Waals surface area contributed by atoms with Crippen LogP contribution < -0.4 is 5.32 Å². The number of hydrogen-bond acceptors (Lipinski definition) is 4. The third-order valence-electron chi connectivity index (χ3n) is 6.11. The standard InChI is InChI=1S/C27H27Cl2N3O4S/c28-22-11-10-21(25(29)17-22)18-32(37(35,36)24-6-2-1-3-7-24)19-26(33)30-23-12-8-20(9-13-23)16-27(34)31-14-4-5-15-31/h1-3,6-13,17H,4-5,14-16,18-19H2,(H,30,33). The van der Waals surface area contributed by atoms with E-state index in [4.69, 9.17) is 23.2 Å². The molecule has 3 aromatic rings. The topological polar surface area (TPSA) is 86.8 Å². The van der Waals surface area contributed by atoms with Gasteiger partial charge in [0.15, 0.2) is 0 Å². The summed E-state index contributed by atoms with van der Waals surface area (Å²) >= 11 is 12.3. The number of rotatable bonds is 9. The van der Waals surface area contributed by atoms with E-state index in [1.54, 1.807) is 54.6 Å². The number of likely N-dealkylation sites (tertiary alicyclic amines) is 1. The van der Waals surface area contributed by atoms with Gasteiger partial charge < -0.3 is 10.2 Å². The van der Waals surface area contributed by atoms with Crippen LogP contribution in [0.25, 0.3) is 0 Å². The lowest BCUT2D eigenvalue weighted by atomic mass is 10.1. The molecule has 0 radical (unpaired) electrons. The van der Waals surface area contributed by atoms with Crippen LogP contribution >= 0.6 is 23.2 Å². The Balaban J connectivity index is 1.47. The summed E-state index contributed by atoms with van der Waals surface area (Å²) in [4.78, 5) is 27.2. The zero-order valence-electron chi connectivity index (χ0n) is 20.1. The molecule has 3 aromatic carbocycles. The average Bonchev–Trinajstić information content (AvgIpc) is 3.42. The van der Waals surface area contributed by atoms with Gasteiger partial charge in [-0.25, -0.2) is 8.42 Å². The van der Waals surface area contributed by atoms with Crippen molar-refractivity contribution >= 4 is 50.7 Å². The van der Waals surface area contributed by atoms with E-state index in [2.05, 4.69) is 5.32 Å². The minimum Gasteiger partial charge on any atom is -0.342 e. The number of anilines is 1. The molecule has 4 rings (SSSR count). The minimum atomic E-state index is -4.00. The summed E-state index contributed by atoms with van der Waals surface area (Å²) in [6.45, 7) is 1.07. The number of nitrogens with one attached hydrogen (secondary N) is 1. The Labute approximate surface area is 227 Å². The van der Waals surface area contributed by atoms with Crippen molar-refractivity contribution in [3.05, 3.63) is 94.0 Å². The van der Waals surface area contributed by atoms with E-state index in [9.17, 15) is 18.0 Å². The molecule has 1 saturated heterocycles. The number of carbonyl (C=O) groups excluding carboxylic acids is 2. The second kappa shape index (κ2) is 12.1. The molecule has 1 aliphatic heterocycles. The molecule has 7 nitrogen and oxygen atoms in total. The number of amides is 2. The maximum Gasteiger partial charge on any atom is 0.243 e. The van der Waals surface area contributed by atoms with E-state index >= 15 is 0 Å². The van der Waals surface area contributed by atoms with E-state index < -0.39 is 22.5 Å². The van der Waals surface area contributed by atoms with Crippen LogP contribution in [0.3, 0.4) is 0 Å². The van der Waals surface area contributed by atoms with Crippen LogP contribution in [-0.2, 0) is 32.6 Å². The van der Waals surface area contributed by atoms with E-state index in [0.29, 0.717) is 27.7 Å². The second-order valence-electron chi connectivity index (χ2n) is 8.83. The Bertz CT molecular complexity index is 1360. The number of halogens is 2. The van der Waals surface area contributed by atoms with Crippen molar-refractivity contribution in [3.8, 4) is 0 Å². The molecule has 1 aliphatic rings. The Kier molecular flexibility index (Phi) is 8.87. The highest BCUT2D eigenvalue weighted by Gasteiger charge is 2.27. The molecule has 0 bridgehead atoms. The first-order valence-electron chi connectivity index (χ1n) is 11.9. The maximum absolute atomic E-state index is 13.4. The van der Waals surface area contributed by atoms with Crippen molar-refractivity contribution in [2.45, 2.75) is 30.7 Å². The van der Waals surface area contributed by atoms with E-state index in [0.717, 1.165) is 35.8 Å². The first kappa shape index (κ1) is 27.1. The monoisotopic (exact) mass is 559 g/mol. The fourth-order valence-corrected chi connectivity index (χ4v) is 5.99. The molecule has 10 heteroatoms. The summed E-state index contributed by atoms with van der Waals surface area (Å²) in [6.07, 6.45) is 2.38. The van der Waals surface area contributed by atoms with Gasteiger partial charge in [-0.05, 0) is 60.4 Å². The van der Waals surface area contributed by atoms with Crippen LogP contribution in [0, 0.1) is 0 Å². The molecule has 1 heterocycles. The third-order valence-corrected chi connectivity index (χ3v) is 8.51. The minimum absolute atomic E-state index is 0.0694. The van der Waals surface area contributed by atoms with Gasteiger partial charge in [-0.2, -0.15) is 4.31 Å². The summed E-state index contributed by atoms with van der Waals surface area (Å²) in [5.74, 6) is -0.414. The Morgan fingerprint density at radius 3 is 2.24 bits per heavy atom. The van der Waals surface area contributed by atoms with Gasteiger partial charge in [0.25, 0.3) is 0 Å². The first-order valence-corrected chi connectivity index (χ1v) is 14.1. The number of benzene rings is 3. The van der Waals surface area contributed by atoms with E-state index in [1.807, 2.05) is 4.90 Å². The number of hydrogen-bond donors (Lipinski definition) is 1. The SMILES string of the molecule is O=C(CN(Cc1ccc(Cl)cc1Cl)S(=O)(=O)c1ccccc1)Nc1ccc(CC(=O)N2CCCC2)cc1. The zero-order valence-corrected chi connectivity index (χ0v) is 22.4. The lowest BCUT2D eigenvalue weighted by Gasteiger charge is -2.22.